The molecule has 0 aromatic heterocycles. The molecule has 0 heterocycles. The molecule has 0 saturated heterocycles. The van der Waals surface area contributed by atoms with Crippen molar-refractivity contribution in [3.63, 3.8) is 0 Å². The van der Waals surface area contributed by atoms with E-state index in [0.717, 1.165) is 11.0 Å². The summed E-state index contributed by atoms with van der Waals surface area (Å²) < 4.78 is 11.8. The van der Waals surface area contributed by atoms with Crippen LogP contribution in [0.2, 0.25) is 0 Å². The molecule has 6 nitrogen and oxygen atoms in total. The minimum atomic E-state index is -0.199. The lowest BCUT2D eigenvalue weighted by atomic mass is 10.1. The molecule has 0 atom stereocenters. The average molecular weight is 332 g/mol. The van der Waals surface area contributed by atoms with Crippen molar-refractivity contribution in [2.75, 3.05) is 54.5 Å². The van der Waals surface area contributed by atoms with Crippen molar-refractivity contribution < 1.29 is 31.2 Å². The highest BCUT2D eigenvalue weighted by molar-refractivity contribution is 5.97. The van der Waals surface area contributed by atoms with Gasteiger partial charge in [-0.1, -0.05) is 0 Å². The molecule has 0 radical (unpaired) electrons. The van der Waals surface area contributed by atoms with Crippen molar-refractivity contribution in [2.45, 2.75) is 0 Å². The molecule has 0 aliphatic heterocycles. The molecule has 0 unspecified atom stereocenters. The van der Waals surface area contributed by atoms with Crippen LogP contribution in [0.25, 0.3) is 0 Å². The Morgan fingerprint density at radius 3 is 2.55 bits per heavy atom. The van der Waals surface area contributed by atoms with Crippen molar-refractivity contribution in [2.24, 2.45) is 5.73 Å². The van der Waals surface area contributed by atoms with Gasteiger partial charge in [-0.15, -0.1) is 0 Å². The number of hydrogen-bond donors (Lipinski definition) is 2. The third-order valence-corrected chi connectivity index (χ3v) is 2.88. The fourth-order valence-electron chi connectivity index (χ4n) is 1.67. The van der Waals surface area contributed by atoms with Crippen LogP contribution >= 0.6 is 0 Å². The summed E-state index contributed by atoms with van der Waals surface area (Å²) in [6.45, 7) is 2.33. The Hall–Kier alpha value is -1.50. The topological polar surface area (TPSA) is 73.6 Å². The third kappa shape index (κ3) is 6.98. The van der Waals surface area contributed by atoms with Gasteiger partial charge in [0.2, 0.25) is 0 Å². The number of methoxy groups -OCH3 is 1. The van der Waals surface area contributed by atoms with Crippen LogP contribution in [0, 0.1) is 0 Å². The van der Waals surface area contributed by atoms with E-state index in [9.17, 15) is 4.79 Å². The van der Waals surface area contributed by atoms with Crippen molar-refractivity contribution >= 4 is 5.91 Å². The van der Waals surface area contributed by atoms with Crippen LogP contribution in [0.15, 0.2) is 18.2 Å². The third-order valence-electron chi connectivity index (χ3n) is 2.88. The number of nitrogens with two attached hydrogens (primary N) is 1. The summed E-state index contributed by atoms with van der Waals surface area (Å²) in [7, 11) is 7.85. The Balaban J connectivity index is 0.00000441. The molecule has 0 spiro atoms. The minimum absolute atomic E-state index is 0. The number of ether oxygens (including phenoxy) is 2. The SMILES string of the molecule is COc1cc(OCC[N+](C)(C)C)ccc1C(=O)NCCN.[Cl-]. The van der Waals surface area contributed by atoms with Crippen LogP contribution in [0.4, 0.5) is 0 Å². The summed E-state index contributed by atoms with van der Waals surface area (Å²) in [5, 5.41) is 2.72. The number of rotatable bonds is 8. The van der Waals surface area contributed by atoms with E-state index in [0.29, 0.717) is 36.8 Å². The smallest absolute Gasteiger partial charge is 0.255 e. The van der Waals surface area contributed by atoms with Gasteiger partial charge in [-0.25, -0.2) is 0 Å². The number of carbonyl (C=O) groups is 1. The Bertz CT molecular complexity index is 476. The molecule has 0 saturated carbocycles. The maximum atomic E-state index is 12.0. The molecule has 22 heavy (non-hydrogen) atoms. The normalized spacial score (nSPS) is 10.6. The lowest BCUT2D eigenvalue weighted by Crippen LogP contribution is -3.00. The molecule has 1 aromatic rings. The Morgan fingerprint density at radius 2 is 2.00 bits per heavy atom. The molecule has 3 N–H and O–H groups in total. The van der Waals surface area contributed by atoms with Crippen molar-refractivity contribution in [1.29, 1.82) is 0 Å². The lowest BCUT2D eigenvalue weighted by molar-refractivity contribution is -0.870. The van der Waals surface area contributed by atoms with Crippen molar-refractivity contribution in [3.05, 3.63) is 23.8 Å². The van der Waals surface area contributed by atoms with Gasteiger partial charge in [0.15, 0.2) is 0 Å². The van der Waals surface area contributed by atoms with Gasteiger partial charge in [0.05, 0.1) is 33.8 Å². The minimum Gasteiger partial charge on any atom is -1.00 e. The predicted molar refractivity (Wildman–Crippen MR) is 82.8 cm³/mol. The fraction of sp³-hybridized carbons (Fsp3) is 0.533. The van der Waals surface area contributed by atoms with Crippen LogP contribution < -0.4 is 32.9 Å². The first-order chi connectivity index (χ1) is 9.87. The molecule has 126 valence electrons. The zero-order valence-corrected chi connectivity index (χ0v) is 14.4. The number of quaternary nitrogens is 1. The van der Waals surface area contributed by atoms with Crippen LogP contribution in [-0.2, 0) is 0 Å². The van der Waals surface area contributed by atoms with E-state index >= 15 is 0 Å². The second-order valence-electron chi connectivity index (χ2n) is 5.77. The molecule has 7 heteroatoms. The number of halogens is 1. The van der Waals surface area contributed by atoms with E-state index in [1.54, 1.807) is 18.2 Å². The van der Waals surface area contributed by atoms with E-state index in [1.165, 1.54) is 7.11 Å². The van der Waals surface area contributed by atoms with E-state index in [4.69, 9.17) is 15.2 Å². The van der Waals surface area contributed by atoms with E-state index < -0.39 is 0 Å². The van der Waals surface area contributed by atoms with Gasteiger partial charge in [0.25, 0.3) is 5.91 Å². The zero-order chi connectivity index (χ0) is 15.9. The van der Waals surface area contributed by atoms with Crippen LogP contribution in [0.1, 0.15) is 10.4 Å². The Morgan fingerprint density at radius 1 is 1.32 bits per heavy atom. The largest absolute Gasteiger partial charge is 1.00 e. The van der Waals surface area contributed by atoms with Gasteiger partial charge in [-0.2, -0.15) is 0 Å². The molecule has 1 amide bonds. The van der Waals surface area contributed by atoms with Crippen molar-refractivity contribution in [1.82, 2.24) is 5.32 Å². The first-order valence-electron chi connectivity index (χ1n) is 6.97. The monoisotopic (exact) mass is 331 g/mol. The highest BCUT2D eigenvalue weighted by Gasteiger charge is 2.13. The molecule has 1 rings (SSSR count). The van der Waals surface area contributed by atoms with Gasteiger partial charge in [-0.05, 0) is 12.1 Å². The van der Waals surface area contributed by atoms with E-state index in [2.05, 4.69) is 26.5 Å². The Labute approximate surface area is 138 Å². The average Bonchev–Trinajstić information content (AvgIpc) is 2.43. The van der Waals surface area contributed by atoms with Crippen molar-refractivity contribution in [3.8, 4) is 11.5 Å². The van der Waals surface area contributed by atoms with Gasteiger partial charge in [-0.3, -0.25) is 4.79 Å². The number of benzene rings is 1. The lowest BCUT2D eigenvalue weighted by Gasteiger charge is -2.23. The van der Waals surface area contributed by atoms with E-state index in [-0.39, 0.29) is 18.3 Å². The van der Waals surface area contributed by atoms with Crippen LogP contribution in [0.3, 0.4) is 0 Å². The fourth-order valence-corrected chi connectivity index (χ4v) is 1.67. The second kappa shape index (κ2) is 9.50. The number of nitrogens with zero attached hydrogens (tertiary/aromatic N) is 1. The number of nitrogens with one attached hydrogen (secondary N) is 1. The predicted octanol–water partition coefficient (Wildman–Crippen LogP) is -2.53. The van der Waals surface area contributed by atoms with E-state index in [1.807, 2.05) is 0 Å². The highest BCUT2D eigenvalue weighted by Crippen LogP contribution is 2.24. The van der Waals surface area contributed by atoms with Gasteiger partial charge in [0, 0.05) is 19.2 Å². The van der Waals surface area contributed by atoms with Gasteiger partial charge >= 0.3 is 0 Å². The zero-order valence-electron chi connectivity index (χ0n) is 13.7. The first-order valence-corrected chi connectivity index (χ1v) is 6.97. The van der Waals surface area contributed by atoms with Crippen LogP contribution in [0.5, 0.6) is 11.5 Å². The molecule has 1 aromatic carbocycles. The summed E-state index contributed by atoms with van der Waals surface area (Å²) in [4.78, 5) is 12.0. The number of likely N-dealkylation sites (N-methyl/N-ethyl adjacent to an activating group) is 1. The molecular formula is C15H26ClN3O3. The maximum Gasteiger partial charge on any atom is 0.255 e. The maximum absolute atomic E-state index is 12.0. The van der Waals surface area contributed by atoms with Gasteiger partial charge < -0.3 is 37.4 Å². The molecule has 0 aliphatic carbocycles. The number of carbonyl (C=O) groups excluding carboxylic acids is 1. The van der Waals surface area contributed by atoms with Crippen LogP contribution in [-0.4, -0.2) is 64.9 Å². The molecule has 0 aliphatic rings. The summed E-state index contributed by atoms with van der Waals surface area (Å²) >= 11 is 0. The molecule has 0 bridgehead atoms. The summed E-state index contributed by atoms with van der Waals surface area (Å²) in [5.41, 5.74) is 5.85. The summed E-state index contributed by atoms with van der Waals surface area (Å²) in [6, 6.07) is 5.20. The Kier molecular flexibility index (Phi) is 8.86. The van der Waals surface area contributed by atoms with Gasteiger partial charge in [0.1, 0.15) is 24.7 Å². The number of hydrogen-bond acceptors (Lipinski definition) is 4. The molecular weight excluding hydrogens is 306 g/mol. The second-order valence-corrected chi connectivity index (χ2v) is 5.77. The quantitative estimate of drug-likeness (QED) is 0.515. The summed E-state index contributed by atoms with van der Waals surface area (Å²) in [6.07, 6.45) is 0. The highest BCUT2D eigenvalue weighted by atomic mass is 35.5. The standard InChI is InChI=1S/C15H25N3O3.ClH/c1-18(2,3)9-10-21-12-5-6-13(14(11-12)20-4)15(19)17-8-7-16;/h5-6,11H,7-10,16H2,1-4H3;1H. The summed E-state index contributed by atoms with van der Waals surface area (Å²) in [5.74, 6) is 0.984. The first kappa shape index (κ1) is 20.5. The molecule has 0 fully saturated rings. The number of amides is 1.